The number of para-hydroxylation sites is 2. The zero-order chi connectivity index (χ0) is 16.1. The number of methoxy groups -OCH3 is 1. The highest BCUT2D eigenvalue weighted by molar-refractivity contribution is 7.99. The van der Waals surface area contributed by atoms with Gasteiger partial charge in [0.05, 0.1) is 38.3 Å². The first-order chi connectivity index (χ1) is 11.3. The summed E-state index contributed by atoms with van der Waals surface area (Å²) in [6, 6.07) is 7.97. The number of nitrogens with one attached hydrogen (secondary N) is 1. The van der Waals surface area contributed by atoms with E-state index in [1.807, 2.05) is 31.2 Å². The molecule has 2 aromatic rings. The number of thioether (sulfide) groups is 1. The molecule has 0 aliphatic carbocycles. The first-order valence-corrected chi connectivity index (χ1v) is 8.87. The molecule has 0 radical (unpaired) electrons. The number of benzene rings is 1. The highest BCUT2D eigenvalue weighted by atomic mass is 32.2. The first kappa shape index (κ1) is 16.3. The van der Waals surface area contributed by atoms with E-state index in [2.05, 4.69) is 14.8 Å². The largest absolute Gasteiger partial charge is 0.495 e. The minimum atomic E-state index is 0.830. The summed E-state index contributed by atoms with van der Waals surface area (Å²) in [6.07, 6.45) is 0. The minimum Gasteiger partial charge on any atom is -0.495 e. The van der Waals surface area contributed by atoms with Crippen molar-refractivity contribution in [3.63, 3.8) is 0 Å². The molecule has 1 aromatic carbocycles. The molecule has 124 valence electrons. The van der Waals surface area contributed by atoms with Crippen molar-refractivity contribution in [3.05, 3.63) is 30.1 Å². The Morgan fingerprint density at radius 2 is 2.04 bits per heavy atom. The van der Waals surface area contributed by atoms with Crippen LogP contribution in [-0.2, 0) is 4.74 Å². The summed E-state index contributed by atoms with van der Waals surface area (Å²) in [6.45, 7) is 7.02. The van der Waals surface area contributed by atoms with Crippen LogP contribution in [0.15, 0.2) is 29.4 Å². The predicted molar refractivity (Wildman–Crippen MR) is 89.8 cm³/mol. The van der Waals surface area contributed by atoms with Crippen LogP contribution in [0.2, 0.25) is 0 Å². The van der Waals surface area contributed by atoms with Crippen LogP contribution in [0.25, 0.3) is 5.69 Å². The molecule has 1 N–H and O–H groups in total. The summed E-state index contributed by atoms with van der Waals surface area (Å²) in [5.74, 6) is 2.72. The molecule has 0 unspecified atom stereocenters. The normalized spacial score (nSPS) is 15.7. The Hall–Kier alpha value is -1.57. The highest BCUT2D eigenvalue weighted by Crippen LogP contribution is 2.27. The molecule has 0 spiro atoms. The maximum Gasteiger partial charge on any atom is 0.196 e. The topological polar surface area (TPSA) is 53.6 Å². The molecular weight excluding hydrogens is 312 g/mol. The summed E-state index contributed by atoms with van der Waals surface area (Å²) in [7, 11) is 1.69. The fourth-order valence-corrected chi connectivity index (χ4v) is 3.76. The van der Waals surface area contributed by atoms with Gasteiger partial charge in [-0.15, -0.1) is 10.2 Å². The SMILES string of the molecule is COc1ccccc1-n1c(C)nnc1SCC[NH+]1CCOCC1. The van der Waals surface area contributed by atoms with Gasteiger partial charge in [-0.2, -0.15) is 0 Å². The van der Waals surface area contributed by atoms with Crippen LogP contribution in [0.4, 0.5) is 0 Å². The standard InChI is InChI=1S/C16H22N4O2S/c1-13-17-18-16(23-12-9-19-7-10-22-11-8-19)20(13)14-5-3-4-6-15(14)21-2/h3-6H,7-12H2,1-2H3/p+1. The summed E-state index contributed by atoms with van der Waals surface area (Å²) >= 11 is 1.75. The lowest BCUT2D eigenvalue weighted by atomic mass is 10.3. The van der Waals surface area contributed by atoms with Crippen LogP contribution in [0.3, 0.4) is 0 Å². The van der Waals surface area contributed by atoms with Crippen molar-refractivity contribution in [1.82, 2.24) is 14.8 Å². The van der Waals surface area contributed by atoms with Crippen molar-refractivity contribution < 1.29 is 14.4 Å². The average molecular weight is 335 g/mol. The lowest BCUT2D eigenvalue weighted by molar-refractivity contribution is -0.905. The Bertz CT molecular complexity index is 641. The first-order valence-electron chi connectivity index (χ1n) is 7.89. The Morgan fingerprint density at radius 1 is 1.26 bits per heavy atom. The van der Waals surface area contributed by atoms with Gasteiger partial charge in [0, 0.05) is 0 Å². The lowest BCUT2D eigenvalue weighted by Crippen LogP contribution is -3.14. The highest BCUT2D eigenvalue weighted by Gasteiger charge is 2.17. The van der Waals surface area contributed by atoms with E-state index >= 15 is 0 Å². The summed E-state index contributed by atoms with van der Waals surface area (Å²) in [5.41, 5.74) is 0.985. The number of quaternary nitrogens is 1. The van der Waals surface area contributed by atoms with E-state index in [0.29, 0.717) is 0 Å². The smallest absolute Gasteiger partial charge is 0.196 e. The van der Waals surface area contributed by atoms with E-state index in [1.54, 1.807) is 23.8 Å². The zero-order valence-corrected chi connectivity index (χ0v) is 14.4. The Morgan fingerprint density at radius 3 is 2.83 bits per heavy atom. The van der Waals surface area contributed by atoms with Gasteiger partial charge in [-0.25, -0.2) is 0 Å². The zero-order valence-electron chi connectivity index (χ0n) is 13.6. The molecule has 0 atom stereocenters. The van der Waals surface area contributed by atoms with Crippen molar-refractivity contribution >= 4 is 11.8 Å². The third-order valence-corrected chi connectivity index (χ3v) is 4.94. The molecule has 1 aliphatic rings. The Balaban J connectivity index is 1.71. The molecule has 7 heteroatoms. The second-order valence-corrected chi connectivity index (χ2v) is 6.56. The van der Waals surface area contributed by atoms with Crippen LogP contribution in [0.1, 0.15) is 5.82 Å². The quantitative estimate of drug-likeness (QED) is 0.783. The van der Waals surface area contributed by atoms with Crippen LogP contribution in [0.5, 0.6) is 5.75 Å². The summed E-state index contributed by atoms with van der Waals surface area (Å²) < 4.78 is 12.9. The van der Waals surface area contributed by atoms with E-state index in [9.17, 15) is 0 Å². The lowest BCUT2D eigenvalue weighted by Gasteiger charge is -2.23. The van der Waals surface area contributed by atoms with Crippen molar-refractivity contribution in [1.29, 1.82) is 0 Å². The number of nitrogens with zero attached hydrogens (tertiary/aromatic N) is 3. The Labute approximate surface area is 140 Å². The maximum absolute atomic E-state index is 5.48. The number of ether oxygens (including phenoxy) is 2. The van der Waals surface area contributed by atoms with E-state index in [-0.39, 0.29) is 0 Å². The van der Waals surface area contributed by atoms with Gasteiger partial charge in [0.25, 0.3) is 0 Å². The molecule has 1 aromatic heterocycles. The van der Waals surface area contributed by atoms with Crippen molar-refractivity contribution in [2.45, 2.75) is 12.1 Å². The molecule has 0 amide bonds. The fourth-order valence-electron chi connectivity index (χ4n) is 2.73. The molecule has 3 rings (SSSR count). The third kappa shape index (κ3) is 3.85. The number of rotatable bonds is 6. The van der Waals surface area contributed by atoms with E-state index in [1.165, 1.54) is 0 Å². The predicted octanol–water partition coefficient (Wildman–Crippen LogP) is 0.592. The van der Waals surface area contributed by atoms with Gasteiger partial charge in [-0.3, -0.25) is 4.57 Å². The fraction of sp³-hybridized carbons (Fsp3) is 0.500. The molecule has 23 heavy (non-hydrogen) atoms. The van der Waals surface area contributed by atoms with Gasteiger partial charge >= 0.3 is 0 Å². The molecule has 1 saturated heterocycles. The van der Waals surface area contributed by atoms with Crippen molar-refractivity contribution in [3.8, 4) is 11.4 Å². The van der Waals surface area contributed by atoms with Gasteiger partial charge < -0.3 is 14.4 Å². The van der Waals surface area contributed by atoms with Crippen LogP contribution < -0.4 is 9.64 Å². The summed E-state index contributed by atoms with van der Waals surface area (Å²) in [5, 5.41) is 9.50. The van der Waals surface area contributed by atoms with E-state index in [4.69, 9.17) is 9.47 Å². The van der Waals surface area contributed by atoms with Crippen molar-refractivity contribution in [2.75, 3.05) is 45.7 Å². The van der Waals surface area contributed by atoms with Crippen LogP contribution in [-0.4, -0.2) is 60.5 Å². The van der Waals surface area contributed by atoms with Gasteiger partial charge in [0.1, 0.15) is 24.7 Å². The van der Waals surface area contributed by atoms with Gasteiger partial charge in [-0.1, -0.05) is 23.9 Å². The molecule has 1 aliphatic heterocycles. The molecule has 0 saturated carbocycles. The van der Waals surface area contributed by atoms with Crippen LogP contribution >= 0.6 is 11.8 Å². The minimum absolute atomic E-state index is 0.830. The second kappa shape index (κ2) is 7.81. The number of aromatic nitrogens is 3. The number of aryl methyl sites for hydroxylation is 1. The molecule has 0 bridgehead atoms. The number of hydrogen-bond acceptors (Lipinski definition) is 5. The second-order valence-electron chi connectivity index (χ2n) is 5.50. The third-order valence-electron chi connectivity index (χ3n) is 4.01. The number of morpholine rings is 1. The van der Waals surface area contributed by atoms with E-state index in [0.717, 1.165) is 61.0 Å². The Kier molecular flexibility index (Phi) is 5.53. The van der Waals surface area contributed by atoms with Crippen molar-refractivity contribution in [2.24, 2.45) is 0 Å². The summed E-state index contributed by atoms with van der Waals surface area (Å²) in [4.78, 5) is 1.60. The van der Waals surface area contributed by atoms with Gasteiger partial charge in [0.15, 0.2) is 5.16 Å². The van der Waals surface area contributed by atoms with Gasteiger partial charge in [0.2, 0.25) is 0 Å². The molecular formula is C16H23N4O2S+. The monoisotopic (exact) mass is 335 g/mol. The maximum atomic E-state index is 5.48. The molecule has 1 fully saturated rings. The molecule has 6 nitrogen and oxygen atoms in total. The van der Waals surface area contributed by atoms with E-state index < -0.39 is 0 Å². The van der Waals surface area contributed by atoms with Gasteiger partial charge in [-0.05, 0) is 19.1 Å². The number of hydrogen-bond donors (Lipinski definition) is 1. The van der Waals surface area contributed by atoms with Crippen LogP contribution in [0, 0.1) is 6.92 Å². The molecule has 2 heterocycles. The average Bonchev–Trinajstić information content (AvgIpc) is 2.96.